The number of hydrogen-bond donors (Lipinski definition) is 0. The summed E-state index contributed by atoms with van der Waals surface area (Å²) in [6.45, 7) is 2.07. The first-order valence-corrected chi connectivity index (χ1v) is 11.3. The van der Waals surface area contributed by atoms with Crippen molar-refractivity contribution >= 4 is 35.0 Å². The Morgan fingerprint density at radius 2 is 1.62 bits per heavy atom. The van der Waals surface area contributed by atoms with E-state index in [1.807, 2.05) is 6.92 Å². The molecule has 1 saturated carbocycles. The standard InChI is InChI=1S/C25H24ClNO5/c1-2-27(15-8-4-3-5-9-15)20(28)14-32-25(31)19-13-12-18-21(22(19)26)24(30)17-11-7-6-10-16(17)23(18)29/h6-7,10-13,15H,2-5,8-9,14H2,1H3. The Kier molecular flexibility index (Phi) is 6.42. The van der Waals surface area contributed by atoms with Crippen LogP contribution in [0.1, 0.15) is 81.2 Å². The Morgan fingerprint density at radius 3 is 2.28 bits per heavy atom. The molecule has 2 aliphatic carbocycles. The van der Waals surface area contributed by atoms with Gasteiger partial charge in [0.1, 0.15) is 0 Å². The minimum Gasteiger partial charge on any atom is -0.452 e. The van der Waals surface area contributed by atoms with Crippen LogP contribution in [0.3, 0.4) is 0 Å². The molecule has 0 saturated heterocycles. The number of esters is 1. The molecule has 0 bridgehead atoms. The largest absolute Gasteiger partial charge is 0.452 e. The van der Waals surface area contributed by atoms with E-state index in [1.165, 1.54) is 18.6 Å². The maximum absolute atomic E-state index is 13.0. The van der Waals surface area contributed by atoms with E-state index >= 15 is 0 Å². The van der Waals surface area contributed by atoms with Crippen molar-refractivity contribution in [2.75, 3.05) is 13.2 Å². The van der Waals surface area contributed by atoms with Crippen LogP contribution < -0.4 is 0 Å². The summed E-state index contributed by atoms with van der Waals surface area (Å²) in [5, 5.41) is -0.132. The molecule has 0 aliphatic heterocycles. The van der Waals surface area contributed by atoms with Crippen LogP contribution in [0.15, 0.2) is 36.4 Å². The first-order chi connectivity index (χ1) is 15.4. The second-order valence-corrected chi connectivity index (χ2v) is 8.48. The molecule has 0 aromatic heterocycles. The third-order valence-electron chi connectivity index (χ3n) is 6.25. The van der Waals surface area contributed by atoms with Gasteiger partial charge < -0.3 is 9.64 Å². The fourth-order valence-corrected chi connectivity index (χ4v) is 4.95. The Morgan fingerprint density at radius 1 is 0.969 bits per heavy atom. The molecule has 0 heterocycles. The quantitative estimate of drug-likeness (QED) is 0.533. The Hall–Kier alpha value is -2.99. The molecule has 7 heteroatoms. The predicted molar refractivity (Wildman–Crippen MR) is 119 cm³/mol. The smallest absolute Gasteiger partial charge is 0.340 e. The van der Waals surface area contributed by atoms with Crippen LogP contribution >= 0.6 is 11.6 Å². The lowest BCUT2D eigenvalue weighted by molar-refractivity contribution is -0.137. The second kappa shape index (κ2) is 9.25. The average molecular weight is 454 g/mol. The molecule has 0 spiro atoms. The number of amides is 1. The molecule has 0 unspecified atom stereocenters. The highest BCUT2D eigenvalue weighted by atomic mass is 35.5. The number of fused-ring (bicyclic) bond motifs is 2. The van der Waals surface area contributed by atoms with Crippen LogP contribution in [0.25, 0.3) is 0 Å². The zero-order valence-electron chi connectivity index (χ0n) is 17.9. The van der Waals surface area contributed by atoms with E-state index in [1.54, 1.807) is 29.2 Å². The lowest BCUT2D eigenvalue weighted by Gasteiger charge is -2.33. The molecule has 0 N–H and O–H groups in total. The summed E-state index contributed by atoms with van der Waals surface area (Å²) in [7, 11) is 0. The molecule has 2 aromatic rings. The number of halogens is 1. The molecule has 0 atom stereocenters. The Labute approximate surface area is 191 Å². The summed E-state index contributed by atoms with van der Waals surface area (Å²) in [5.41, 5.74) is 0.664. The number of ether oxygens (including phenoxy) is 1. The van der Waals surface area contributed by atoms with Crippen LogP contribution in [0.4, 0.5) is 0 Å². The van der Waals surface area contributed by atoms with Crippen molar-refractivity contribution in [3.05, 3.63) is 69.2 Å². The lowest BCUT2D eigenvalue weighted by atomic mass is 9.83. The number of hydrogen-bond acceptors (Lipinski definition) is 5. The van der Waals surface area contributed by atoms with Crippen LogP contribution in [-0.4, -0.2) is 47.5 Å². The topological polar surface area (TPSA) is 80.8 Å². The summed E-state index contributed by atoms with van der Waals surface area (Å²) in [5.74, 6) is -1.79. The number of carbonyl (C=O) groups excluding carboxylic acids is 4. The van der Waals surface area contributed by atoms with Gasteiger partial charge in [-0.25, -0.2) is 4.79 Å². The van der Waals surface area contributed by atoms with E-state index in [0.29, 0.717) is 12.1 Å². The minimum absolute atomic E-state index is 0.00599. The van der Waals surface area contributed by atoms with E-state index in [0.717, 1.165) is 25.7 Å². The van der Waals surface area contributed by atoms with Gasteiger partial charge in [-0.05, 0) is 31.9 Å². The van der Waals surface area contributed by atoms with Crippen molar-refractivity contribution in [2.45, 2.75) is 45.1 Å². The lowest BCUT2D eigenvalue weighted by Crippen LogP contribution is -2.43. The van der Waals surface area contributed by atoms with E-state index in [9.17, 15) is 19.2 Å². The maximum atomic E-state index is 13.0. The average Bonchev–Trinajstić information content (AvgIpc) is 2.82. The molecular weight excluding hydrogens is 430 g/mol. The van der Waals surface area contributed by atoms with Gasteiger partial charge in [-0.1, -0.05) is 55.1 Å². The first kappa shape index (κ1) is 22.2. The molecule has 0 radical (unpaired) electrons. The number of ketones is 2. The normalized spacial score (nSPS) is 15.7. The zero-order chi connectivity index (χ0) is 22.8. The van der Waals surface area contributed by atoms with Gasteiger partial charge in [0.2, 0.25) is 0 Å². The number of nitrogens with zero attached hydrogens (tertiary/aromatic N) is 1. The molecule has 2 aliphatic rings. The summed E-state index contributed by atoms with van der Waals surface area (Å²) in [6, 6.07) is 9.46. The highest BCUT2D eigenvalue weighted by Crippen LogP contribution is 2.34. The summed E-state index contributed by atoms with van der Waals surface area (Å²) in [4.78, 5) is 52.9. The van der Waals surface area contributed by atoms with Crippen LogP contribution in [0.5, 0.6) is 0 Å². The van der Waals surface area contributed by atoms with Crippen molar-refractivity contribution in [2.24, 2.45) is 0 Å². The number of rotatable bonds is 5. The number of carbonyl (C=O) groups is 4. The first-order valence-electron chi connectivity index (χ1n) is 10.9. The fraction of sp³-hybridized carbons (Fsp3) is 0.360. The van der Waals surface area contributed by atoms with Crippen molar-refractivity contribution in [3.8, 4) is 0 Å². The fourth-order valence-electron chi connectivity index (χ4n) is 4.62. The molecule has 1 amide bonds. The van der Waals surface area contributed by atoms with Crippen LogP contribution in [0.2, 0.25) is 5.02 Å². The maximum Gasteiger partial charge on any atom is 0.340 e. The van der Waals surface area contributed by atoms with Gasteiger partial charge in [-0.3, -0.25) is 14.4 Å². The molecule has 4 rings (SSSR count). The van der Waals surface area contributed by atoms with Gasteiger partial charge in [0, 0.05) is 29.3 Å². The molecule has 6 nitrogen and oxygen atoms in total. The van der Waals surface area contributed by atoms with E-state index in [2.05, 4.69) is 0 Å². The van der Waals surface area contributed by atoms with E-state index < -0.39 is 18.4 Å². The Bertz CT molecular complexity index is 1100. The highest BCUT2D eigenvalue weighted by molar-refractivity contribution is 6.41. The summed E-state index contributed by atoms with van der Waals surface area (Å²) < 4.78 is 5.26. The molecule has 2 aromatic carbocycles. The van der Waals surface area contributed by atoms with E-state index in [-0.39, 0.29) is 45.0 Å². The van der Waals surface area contributed by atoms with Gasteiger partial charge >= 0.3 is 5.97 Å². The number of benzene rings is 2. The highest BCUT2D eigenvalue weighted by Gasteiger charge is 2.33. The van der Waals surface area contributed by atoms with Gasteiger partial charge in [-0.2, -0.15) is 0 Å². The zero-order valence-corrected chi connectivity index (χ0v) is 18.6. The van der Waals surface area contributed by atoms with Gasteiger partial charge in [0.25, 0.3) is 5.91 Å². The summed E-state index contributed by atoms with van der Waals surface area (Å²) >= 11 is 6.41. The van der Waals surface area contributed by atoms with Crippen molar-refractivity contribution < 1.29 is 23.9 Å². The molecule has 1 fully saturated rings. The number of likely N-dealkylation sites (N-methyl/N-ethyl adjacent to an activating group) is 1. The van der Waals surface area contributed by atoms with Gasteiger partial charge in [-0.15, -0.1) is 0 Å². The minimum atomic E-state index is -0.801. The van der Waals surface area contributed by atoms with Crippen LogP contribution in [0, 0.1) is 0 Å². The van der Waals surface area contributed by atoms with Crippen LogP contribution in [-0.2, 0) is 9.53 Å². The predicted octanol–water partition coefficient (Wildman–Crippen LogP) is 4.45. The van der Waals surface area contributed by atoms with Gasteiger partial charge in [0.05, 0.1) is 16.1 Å². The second-order valence-electron chi connectivity index (χ2n) is 8.10. The van der Waals surface area contributed by atoms with Crippen molar-refractivity contribution in [1.82, 2.24) is 4.90 Å². The third kappa shape index (κ3) is 3.95. The molecular formula is C25H24ClNO5. The Balaban J connectivity index is 1.52. The van der Waals surface area contributed by atoms with E-state index in [4.69, 9.17) is 16.3 Å². The summed E-state index contributed by atoms with van der Waals surface area (Å²) in [6.07, 6.45) is 5.28. The van der Waals surface area contributed by atoms with Crippen molar-refractivity contribution in [3.63, 3.8) is 0 Å². The molecule has 166 valence electrons. The monoisotopic (exact) mass is 453 g/mol. The van der Waals surface area contributed by atoms with Crippen molar-refractivity contribution in [1.29, 1.82) is 0 Å². The SMILES string of the molecule is CCN(C(=O)COC(=O)c1ccc2c(c1Cl)C(=O)c1ccccc1C2=O)C1CCCCC1. The molecule has 32 heavy (non-hydrogen) atoms. The third-order valence-corrected chi connectivity index (χ3v) is 6.65. The van der Waals surface area contributed by atoms with Gasteiger partial charge in [0.15, 0.2) is 18.2 Å².